The zero-order valence-electron chi connectivity index (χ0n) is 36.7. The summed E-state index contributed by atoms with van der Waals surface area (Å²) < 4.78 is 4.75. The van der Waals surface area contributed by atoms with Gasteiger partial charge in [-0.1, -0.05) is 170 Å². The highest BCUT2D eigenvalue weighted by atomic mass is 15.1. The number of rotatable bonds is 8. The Morgan fingerprint density at radius 2 is 0.597 bits per heavy atom. The van der Waals surface area contributed by atoms with Crippen molar-refractivity contribution in [2.75, 3.05) is 4.90 Å². The van der Waals surface area contributed by atoms with Crippen molar-refractivity contribution < 1.29 is 0 Å². The Bertz CT molecular complexity index is 3940. The van der Waals surface area contributed by atoms with Crippen LogP contribution in [0.5, 0.6) is 0 Å². The van der Waals surface area contributed by atoms with E-state index in [-0.39, 0.29) is 0 Å². The Balaban J connectivity index is 0.913. The Labute approximate surface area is 389 Å². The van der Waals surface area contributed by atoms with Crippen molar-refractivity contribution in [1.29, 1.82) is 0 Å². The Morgan fingerprint density at radius 1 is 0.224 bits per heavy atom. The van der Waals surface area contributed by atoms with Gasteiger partial charge < -0.3 is 14.0 Å². The normalized spacial score (nSPS) is 11.6. The van der Waals surface area contributed by atoms with Crippen molar-refractivity contribution in [2.24, 2.45) is 0 Å². The monoisotopic (exact) mass is 853 g/mol. The number of anilines is 3. The molecule has 0 unspecified atom stereocenters. The van der Waals surface area contributed by atoms with Crippen LogP contribution in [-0.4, -0.2) is 9.13 Å². The van der Waals surface area contributed by atoms with Crippen LogP contribution in [0.1, 0.15) is 0 Å². The fourth-order valence-corrected chi connectivity index (χ4v) is 10.4. The predicted octanol–water partition coefficient (Wildman–Crippen LogP) is 17.5. The molecule has 0 aliphatic rings. The Hall–Kier alpha value is -8.92. The summed E-state index contributed by atoms with van der Waals surface area (Å²) >= 11 is 0. The summed E-state index contributed by atoms with van der Waals surface area (Å²) in [5.74, 6) is 0. The van der Waals surface area contributed by atoms with Crippen LogP contribution < -0.4 is 4.90 Å². The summed E-state index contributed by atoms with van der Waals surface area (Å²) in [6, 6.07) is 94.8. The lowest BCUT2D eigenvalue weighted by molar-refractivity contribution is 1.18. The number of hydrogen-bond donors (Lipinski definition) is 0. The van der Waals surface area contributed by atoms with Gasteiger partial charge in [0.2, 0.25) is 0 Å². The lowest BCUT2D eigenvalue weighted by Gasteiger charge is -2.26. The topological polar surface area (TPSA) is 13.1 Å². The zero-order chi connectivity index (χ0) is 44.3. The number of benzene rings is 11. The third kappa shape index (κ3) is 6.51. The molecule has 0 radical (unpaired) electrons. The van der Waals surface area contributed by atoms with Crippen molar-refractivity contribution >= 4 is 71.4 Å². The number of nitrogens with zero attached hydrogens (tertiary/aromatic N) is 3. The summed E-state index contributed by atoms with van der Waals surface area (Å²) in [4.78, 5) is 2.39. The third-order valence-corrected chi connectivity index (χ3v) is 13.5. The minimum atomic E-state index is 1.09. The first-order valence-electron chi connectivity index (χ1n) is 23.0. The molecule has 2 aromatic heterocycles. The van der Waals surface area contributed by atoms with Crippen LogP contribution in [0.25, 0.3) is 99.1 Å². The molecule has 0 spiro atoms. The maximum absolute atomic E-state index is 2.39. The van der Waals surface area contributed by atoms with Crippen molar-refractivity contribution in [3.8, 4) is 44.8 Å². The smallest absolute Gasteiger partial charge is 0.0542 e. The molecule has 0 saturated carbocycles. The number of hydrogen-bond acceptors (Lipinski definition) is 1. The van der Waals surface area contributed by atoms with Crippen molar-refractivity contribution in [3.05, 3.63) is 261 Å². The van der Waals surface area contributed by atoms with Gasteiger partial charge in [0.15, 0.2) is 0 Å². The zero-order valence-corrected chi connectivity index (χ0v) is 36.7. The van der Waals surface area contributed by atoms with E-state index in [4.69, 9.17) is 0 Å². The van der Waals surface area contributed by atoms with Crippen LogP contribution in [0.2, 0.25) is 0 Å². The largest absolute Gasteiger partial charge is 0.310 e. The van der Waals surface area contributed by atoms with Crippen LogP contribution >= 0.6 is 0 Å². The average molecular weight is 854 g/mol. The summed E-state index contributed by atoms with van der Waals surface area (Å²) in [6.45, 7) is 0. The Morgan fingerprint density at radius 3 is 1.15 bits per heavy atom. The minimum Gasteiger partial charge on any atom is -0.310 e. The van der Waals surface area contributed by atoms with Crippen molar-refractivity contribution in [3.63, 3.8) is 0 Å². The van der Waals surface area contributed by atoms with E-state index < -0.39 is 0 Å². The van der Waals surface area contributed by atoms with Crippen LogP contribution in [-0.2, 0) is 0 Å². The number of para-hydroxylation sites is 4. The Kier molecular flexibility index (Phi) is 9.17. The minimum absolute atomic E-state index is 1.09. The maximum Gasteiger partial charge on any atom is 0.0542 e. The fourth-order valence-electron chi connectivity index (χ4n) is 10.4. The quantitative estimate of drug-likeness (QED) is 0.148. The van der Waals surface area contributed by atoms with Gasteiger partial charge >= 0.3 is 0 Å². The van der Waals surface area contributed by atoms with Crippen LogP contribution in [0.15, 0.2) is 261 Å². The summed E-state index contributed by atoms with van der Waals surface area (Å²) in [5.41, 5.74) is 17.6. The molecule has 314 valence electrons. The molecule has 13 aromatic rings. The van der Waals surface area contributed by atoms with E-state index in [2.05, 4.69) is 275 Å². The van der Waals surface area contributed by atoms with Gasteiger partial charge in [-0.2, -0.15) is 0 Å². The number of aromatic nitrogens is 2. The van der Waals surface area contributed by atoms with Crippen LogP contribution in [0, 0.1) is 0 Å². The lowest BCUT2D eigenvalue weighted by Crippen LogP contribution is -2.10. The van der Waals surface area contributed by atoms with E-state index in [9.17, 15) is 0 Å². The summed E-state index contributed by atoms with van der Waals surface area (Å²) in [7, 11) is 0. The third-order valence-electron chi connectivity index (χ3n) is 13.5. The van der Waals surface area contributed by atoms with Crippen molar-refractivity contribution in [1.82, 2.24) is 9.13 Å². The lowest BCUT2D eigenvalue weighted by atomic mass is 9.91. The summed E-state index contributed by atoms with van der Waals surface area (Å²) in [5, 5.41) is 7.41. The molecule has 0 atom stereocenters. The van der Waals surface area contributed by atoms with Gasteiger partial charge in [-0.3, -0.25) is 0 Å². The molecule has 67 heavy (non-hydrogen) atoms. The second-order valence-electron chi connectivity index (χ2n) is 17.3. The van der Waals surface area contributed by atoms with E-state index in [1.54, 1.807) is 0 Å². The van der Waals surface area contributed by atoms with Crippen LogP contribution in [0.3, 0.4) is 0 Å². The highest BCUT2D eigenvalue weighted by molar-refractivity contribution is 6.13. The van der Waals surface area contributed by atoms with Gasteiger partial charge in [0.25, 0.3) is 0 Å². The molecule has 0 fully saturated rings. The van der Waals surface area contributed by atoms with Crippen molar-refractivity contribution in [2.45, 2.75) is 0 Å². The van der Waals surface area contributed by atoms with Gasteiger partial charge in [0.05, 0.1) is 22.1 Å². The molecule has 0 amide bonds. The second kappa shape index (κ2) is 16.0. The molecule has 3 nitrogen and oxygen atoms in total. The van der Waals surface area contributed by atoms with E-state index in [1.807, 2.05) is 0 Å². The number of fused-ring (bicyclic) bond motifs is 7. The molecule has 0 aliphatic carbocycles. The summed E-state index contributed by atoms with van der Waals surface area (Å²) in [6.07, 6.45) is 0. The van der Waals surface area contributed by atoms with E-state index in [0.29, 0.717) is 0 Å². The molecule has 0 bridgehead atoms. The first-order valence-corrected chi connectivity index (χ1v) is 23.0. The molecular weight excluding hydrogens is 811 g/mol. The highest BCUT2D eigenvalue weighted by Crippen LogP contribution is 2.43. The van der Waals surface area contributed by atoms with E-state index in [0.717, 1.165) is 22.7 Å². The fraction of sp³-hybridized carbons (Fsp3) is 0. The van der Waals surface area contributed by atoms with Crippen LogP contribution in [0.4, 0.5) is 17.1 Å². The first-order chi connectivity index (χ1) is 33.2. The second-order valence-corrected chi connectivity index (χ2v) is 17.3. The molecule has 11 aromatic carbocycles. The van der Waals surface area contributed by atoms with Gasteiger partial charge in [-0.25, -0.2) is 0 Å². The first kappa shape index (κ1) is 38.5. The average Bonchev–Trinajstić information content (AvgIpc) is 3.92. The molecule has 0 aliphatic heterocycles. The van der Waals surface area contributed by atoms with Gasteiger partial charge in [-0.05, 0) is 135 Å². The highest BCUT2D eigenvalue weighted by Gasteiger charge is 2.19. The maximum atomic E-state index is 2.39. The SMILES string of the molecule is c1ccc(-c2ccc(N(c3ccc(-c4ccc(-c5ccc6c(c5)c5ccccc5n6-c5ccccc5)c5ccccc45)cc3)c3ccc4c(c3)c3ccccc3n4-c3ccccc3)cc2)cc1. The molecule has 0 N–H and O–H groups in total. The molecule has 2 heterocycles. The van der Waals surface area contributed by atoms with E-state index >= 15 is 0 Å². The standard InChI is InChI=1S/C64H43N3/c1-4-16-44(17-5-1)45-28-33-50(34-29-45)65(52-37-41-64-60(43-52)58-25-13-15-27-62(58)67(64)49-20-8-3-9-21-49)51-35-30-46(31-36-51)53-38-39-54(56-23-11-10-22-55(53)56)47-32-40-63-59(42-47)57-24-12-14-26-61(57)66(63)48-18-6-2-7-19-48/h1-43H. The molecular formula is C64H43N3. The van der Waals surface area contributed by atoms with Gasteiger partial charge in [-0.15, -0.1) is 0 Å². The molecule has 13 rings (SSSR count). The van der Waals surface area contributed by atoms with Gasteiger partial charge in [0, 0.05) is 50.0 Å². The van der Waals surface area contributed by atoms with Gasteiger partial charge in [0.1, 0.15) is 0 Å². The van der Waals surface area contributed by atoms with E-state index in [1.165, 1.54) is 93.5 Å². The molecule has 0 saturated heterocycles. The molecule has 3 heteroatoms. The predicted molar refractivity (Wildman–Crippen MR) is 284 cm³/mol.